The molecule has 0 saturated carbocycles. The zero-order chi connectivity index (χ0) is 23.4. The predicted molar refractivity (Wildman–Crippen MR) is 119 cm³/mol. The van der Waals surface area contributed by atoms with E-state index < -0.39 is 16.9 Å². The Morgan fingerprint density at radius 3 is 2.38 bits per heavy atom. The van der Waals surface area contributed by atoms with Gasteiger partial charge in [0.15, 0.2) is 0 Å². The standard InChI is InChI=1S/C22H24ClFN4O4/c1-14(2)20(25-21(29)15-7-8-16(23)19(13-15)28(31)32)22(30)27-11-9-26(10-12-27)18-6-4-3-5-17(18)24/h3-8,13-14,20H,9-12H2,1-2H3,(H,25,29). The van der Waals surface area contributed by atoms with Crippen LogP contribution in [0, 0.1) is 21.8 Å². The van der Waals surface area contributed by atoms with E-state index in [2.05, 4.69) is 5.32 Å². The largest absolute Gasteiger partial charge is 0.366 e. The number of anilines is 1. The molecule has 1 fully saturated rings. The molecule has 2 aromatic rings. The molecule has 0 spiro atoms. The first-order valence-corrected chi connectivity index (χ1v) is 10.6. The number of hydrogen-bond donors (Lipinski definition) is 1. The van der Waals surface area contributed by atoms with E-state index in [9.17, 15) is 24.1 Å². The van der Waals surface area contributed by atoms with Crippen LogP contribution < -0.4 is 10.2 Å². The van der Waals surface area contributed by atoms with Crippen molar-refractivity contribution in [3.63, 3.8) is 0 Å². The van der Waals surface area contributed by atoms with E-state index in [1.54, 1.807) is 23.1 Å². The number of carbonyl (C=O) groups is 2. The number of benzene rings is 2. The summed E-state index contributed by atoms with van der Waals surface area (Å²) in [4.78, 5) is 39.8. The Balaban J connectivity index is 1.68. The van der Waals surface area contributed by atoms with Gasteiger partial charge in [0.1, 0.15) is 16.9 Å². The Kier molecular flexibility index (Phi) is 7.29. The van der Waals surface area contributed by atoms with E-state index in [4.69, 9.17) is 11.6 Å². The van der Waals surface area contributed by atoms with Crippen molar-refractivity contribution in [1.82, 2.24) is 10.2 Å². The van der Waals surface area contributed by atoms with Gasteiger partial charge in [0.25, 0.3) is 11.6 Å². The third-order valence-corrected chi connectivity index (χ3v) is 5.73. The fourth-order valence-corrected chi connectivity index (χ4v) is 3.79. The molecule has 10 heteroatoms. The lowest BCUT2D eigenvalue weighted by molar-refractivity contribution is -0.384. The highest BCUT2D eigenvalue weighted by atomic mass is 35.5. The summed E-state index contributed by atoms with van der Waals surface area (Å²) in [6.07, 6.45) is 0. The Morgan fingerprint density at radius 1 is 1.12 bits per heavy atom. The normalized spacial score (nSPS) is 14.9. The van der Waals surface area contributed by atoms with Crippen molar-refractivity contribution in [3.05, 3.63) is 69.0 Å². The Hall–Kier alpha value is -3.20. The second kappa shape index (κ2) is 9.95. The number of halogens is 2. The van der Waals surface area contributed by atoms with Crippen molar-refractivity contribution in [2.45, 2.75) is 19.9 Å². The molecule has 1 N–H and O–H groups in total. The zero-order valence-corrected chi connectivity index (χ0v) is 18.5. The van der Waals surface area contributed by atoms with Crippen molar-refractivity contribution < 1.29 is 18.9 Å². The molecule has 1 saturated heterocycles. The molecule has 0 aromatic heterocycles. The van der Waals surface area contributed by atoms with Gasteiger partial charge in [-0.2, -0.15) is 0 Å². The second-order valence-electron chi connectivity index (χ2n) is 7.88. The topological polar surface area (TPSA) is 95.8 Å². The van der Waals surface area contributed by atoms with Gasteiger partial charge in [-0.25, -0.2) is 4.39 Å². The molecule has 1 heterocycles. The first-order chi connectivity index (χ1) is 15.2. The molecule has 1 aliphatic rings. The minimum Gasteiger partial charge on any atom is -0.366 e. The van der Waals surface area contributed by atoms with E-state index in [0.717, 1.165) is 6.07 Å². The lowest BCUT2D eigenvalue weighted by Gasteiger charge is -2.38. The highest BCUT2D eigenvalue weighted by Gasteiger charge is 2.31. The third kappa shape index (κ3) is 5.16. The number of piperazine rings is 1. The Bertz CT molecular complexity index is 1020. The van der Waals surface area contributed by atoms with E-state index in [0.29, 0.717) is 31.9 Å². The van der Waals surface area contributed by atoms with Crippen LogP contribution in [0.4, 0.5) is 15.8 Å². The van der Waals surface area contributed by atoms with E-state index in [-0.39, 0.29) is 33.9 Å². The summed E-state index contributed by atoms with van der Waals surface area (Å²) < 4.78 is 14.1. The predicted octanol–water partition coefficient (Wildman–Crippen LogP) is 3.49. The van der Waals surface area contributed by atoms with Gasteiger partial charge in [-0.3, -0.25) is 19.7 Å². The molecule has 2 amide bonds. The van der Waals surface area contributed by atoms with Gasteiger partial charge in [-0.1, -0.05) is 37.6 Å². The number of hydrogen-bond acceptors (Lipinski definition) is 5. The van der Waals surface area contributed by atoms with Crippen molar-refractivity contribution in [3.8, 4) is 0 Å². The van der Waals surface area contributed by atoms with Crippen LogP contribution in [0.25, 0.3) is 0 Å². The second-order valence-corrected chi connectivity index (χ2v) is 8.29. The quantitative estimate of drug-likeness (QED) is 0.523. The van der Waals surface area contributed by atoms with E-state index in [1.165, 1.54) is 18.2 Å². The fraction of sp³-hybridized carbons (Fsp3) is 0.364. The highest BCUT2D eigenvalue weighted by molar-refractivity contribution is 6.32. The summed E-state index contributed by atoms with van der Waals surface area (Å²) in [7, 11) is 0. The monoisotopic (exact) mass is 462 g/mol. The van der Waals surface area contributed by atoms with E-state index in [1.807, 2.05) is 18.7 Å². The molecule has 2 aromatic carbocycles. The maximum Gasteiger partial charge on any atom is 0.288 e. The summed E-state index contributed by atoms with van der Waals surface area (Å²) in [6, 6.07) is 9.44. The van der Waals surface area contributed by atoms with Gasteiger partial charge in [0, 0.05) is 37.8 Å². The molecule has 32 heavy (non-hydrogen) atoms. The smallest absolute Gasteiger partial charge is 0.288 e. The summed E-state index contributed by atoms with van der Waals surface area (Å²) in [5, 5.41) is 13.7. The minimum absolute atomic E-state index is 0.0453. The number of nitro groups is 1. The van der Waals surface area contributed by atoms with Gasteiger partial charge in [0.2, 0.25) is 5.91 Å². The number of rotatable bonds is 6. The van der Waals surface area contributed by atoms with Crippen molar-refractivity contribution >= 4 is 34.8 Å². The maximum atomic E-state index is 14.1. The van der Waals surface area contributed by atoms with Gasteiger partial charge < -0.3 is 15.1 Å². The van der Waals surface area contributed by atoms with Crippen molar-refractivity contribution in [2.24, 2.45) is 5.92 Å². The fourth-order valence-electron chi connectivity index (χ4n) is 3.60. The number of nitro benzene ring substituents is 1. The maximum absolute atomic E-state index is 14.1. The molecule has 0 bridgehead atoms. The van der Waals surface area contributed by atoms with Gasteiger partial charge in [-0.05, 0) is 30.2 Å². The molecule has 0 aliphatic carbocycles. The molecule has 1 aliphatic heterocycles. The van der Waals surface area contributed by atoms with Gasteiger partial charge >= 0.3 is 0 Å². The van der Waals surface area contributed by atoms with Crippen molar-refractivity contribution in [2.75, 3.05) is 31.1 Å². The molecule has 3 rings (SSSR count). The van der Waals surface area contributed by atoms with Crippen LogP contribution >= 0.6 is 11.6 Å². The molecule has 170 valence electrons. The van der Waals surface area contributed by atoms with Gasteiger partial charge in [-0.15, -0.1) is 0 Å². The molecular weight excluding hydrogens is 439 g/mol. The van der Waals surface area contributed by atoms with E-state index >= 15 is 0 Å². The zero-order valence-electron chi connectivity index (χ0n) is 17.8. The SMILES string of the molecule is CC(C)C(NC(=O)c1ccc(Cl)c([N+](=O)[O-])c1)C(=O)N1CCN(c2ccccc2F)CC1. The highest BCUT2D eigenvalue weighted by Crippen LogP contribution is 2.25. The molecule has 0 radical (unpaired) electrons. The summed E-state index contributed by atoms with van der Waals surface area (Å²) in [5.74, 6) is -1.36. The van der Waals surface area contributed by atoms with Crippen LogP contribution in [0.1, 0.15) is 24.2 Å². The van der Waals surface area contributed by atoms with Crippen LogP contribution in [0.5, 0.6) is 0 Å². The first-order valence-electron chi connectivity index (χ1n) is 10.2. The number of nitrogens with zero attached hydrogens (tertiary/aromatic N) is 3. The first kappa shape index (κ1) is 23.5. The Morgan fingerprint density at radius 2 is 1.78 bits per heavy atom. The number of carbonyl (C=O) groups excluding carboxylic acids is 2. The molecule has 1 unspecified atom stereocenters. The lowest BCUT2D eigenvalue weighted by atomic mass is 10.0. The molecular formula is C22H24ClFN4O4. The average molecular weight is 463 g/mol. The Labute approximate surface area is 190 Å². The summed E-state index contributed by atoms with van der Waals surface area (Å²) in [5.41, 5.74) is 0.164. The molecule has 8 nitrogen and oxygen atoms in total. The molecule has 1 atom stereocenters. The summed E-state index contributed by atoms with van der Waals surface area (Å²) >= 11 is 5.81. The number of nitrogens with one attached hydrogen (secondary N) is 1. The van der Waals surface area contributed by atoms with Crippen LogP contribution in [0.3, 0.4) is 0 Å². The van der Waals surface area contributed by atoms with Gasteiger partial charge in [0.05, 0.1) is 10.6 Å². The van der Waals surface area contributed by atoms with Crippen LogP contribution in [0.2, 0.25) is 5.02 Å². The number of para-hydroxylation sites is 1. The third-order valence-electron chi connectivity index (χ3n) is 5.41. The summed E-state index contributed by atoms with van der Waals surface area (Å²) in [6.45, 7) is 5.33. The van der Waals surface area contributed by atoms with Crippen LogP contribution in [-0.2, 0) is 4.79 Å². The lowest BCUT2D eigenvalue weighted by Crippen LogP contribution is -2.56. The van der Waals surface area contributed by atoms with Crippen LogP contribution in [-0.4, -0.2) is 53.9 Å². The van der Waals surface area contributed by atoms with Crippen molar-refractivity contribution in [1.29, 1.82) is 0 Å². The van der Waals surface area contributed by atoms with Crippen LogP contribution in [0.15, 0.2) is 42.5 Å². The minimum atomic E-state index is -0.808. The average Bonchev–Trinajstić information content (AvgIpc) is 2.77. The number of amides is 2.